The molecule has 1 aromatic rings. The van der Waals surface area contributed by atoms with Crippen molar-refractivity contribution in [2.45, 2.75) is 32.4 Å². The highest BCUT2D eigenvalue weighted by molar-refractivity contribution is 5.90. The zero-order valence-electron chi connectivity index (χ0n) is 15.9. The molecule has 2 saturated heterocycles. The van der Waals surface area contributed by atoms with E-state index in [2.05, 4.69) is 9.88 Å². The van der Waals surface area contributed by atoms with E-state index in [9.17, 15) is 14.7 Å². The number of rotatable bonds is 3. The molecule has 0 aromatic carbocycles. The maximum Gasteiger partial charge on any atom is 0.414 e. The van der Waals surface area contributed by atoms with Crippen LogP contribution in [0, 0.1) is 0 Å². The lowest BCUT2D eigenvalue weighted by atomic mass is 10.2. The van der Waals surface area contributed by atoms with E-state index in [0.29, 0.717) is 31.9 Å². The van der Waals surface area contributed by atoms with Gasteiger partial charge in [0.25, 0.3) is 0 Å². The molecule has 9 heteroatoms. The smallest absolute Gasteiger partial charge is 0.414 e. The van der Waals surface area contributed by atoms with E-state index in [1.807, 2.05) is 26.8 Å². The first-order valence-electron chi connectivity index (χ1n) is 9.04. The third kappa shape index (κ3) is 4.41. The molecule has 1 N–H and O–H groups in total. The molecule has 148 valence electrons. The molecule has 2 aliphatic heterocycles. The lowest BCUT2D eigenvalue weighted by molar-refractivity contribution is 0.0240. The van der Waals surface area contributed by atoms with Crippen LogP contribution in [0.3, 0.4) is 0 Å². The van der Waals surface area contributed by atoms with Crippen LogP contribution < -0.4 is 9.80 Å². The molecule has 0 bridgehead atoms. The summed E-state index contributed by atoms with van der Waals surface area (Å²) >= 11 is 0. The summed E-state index contributed by atoms with van der Waals surface area (Å²) in [5, 5.41) is 9.37. The number of carbonyl (C=O) groups excluding carboxylic acids is 2. The van der Waals surface area contributed by atoms with E-state index < -0.39 is 11.7 Å². The van der Waals surface area contributed by atoms with Crippen molar-refractivity contribution in [1.82, 2.24) is 9.88 Å². The fraction of sp³-hybridized carbons (Fsp3) is 0.611. The Morgan fingerprint density at radius 2 is 2.00 bits per heavy atom. The second-order valence-electron chi connectivity index (χ2n) is 7.61. The Bertz CT molecular complexity index is 680. The molecule has 3 rings (SSSR count). The standard InChI is InChI=1S/C18H26N4O5/c1-18(2,3)27-16(24)21-8-6-20(7-9-21)15-5-4-13(10-19-15)22-14(11-23)12-26-17(22)25/h4-5,10,14,23H,6-9,11-12H2,1-3H3/t14-/m1/s1. The van der Waals surface area contributed by atoms with Crippen LogP contribution in [0.5, 0.6) is 0 Å². The molecule has 1 atom stereocenters. The summed E-state index contributed by atoms with van der Waals surface area (Å²) in [6.07, 6.45) is 0.827. The van der Waals surface area contributed by atoms with Crippen molar-refractivity contribution in [3.63, 3.8) is 0 Å². The minimum Gasteiger partial charge on any atom is -0.447 e. The second-order valence-corrected chi connectivity index (χ2v) is 7.61. The van der Waals surface area contributed by atoms with Crippen molar-refractivity contribution in [1.29, 1.82) is 0 Å². The topological polar surface area (TPSA) is 95.4 Å². The average Bonchev–Trinajstić information content (AvgIpc) is 3.01. The average molecular weight is 378 g/mol. The molecule has 0 saturated carbocycles. The fourth-order valence-electron chi connectivity index (χ4n) is 3.06. The lowest BCUT2D eigenvalue weighted by Gasteiger charge is -2.36. The number of pyridine rings is 1. The molecule has 0 spiro atoms. The first-order valence-corrected chi connectivity index (χ1v) is 9.04. The summed E-state index contributed by atoms with van der Waals surface area (Å²) in [4.78, 5) is 33.6. The zero-order chi connectivity index (χ0) is 19.6. The first kappa shape index (κ1) is 19.2. The van der Waals surface area contributed by atoms with Crippen LogP contribution in [0.4, 0.5) is 21.1 Å². The maximum atomic E-state index is 12.1. The number of ether oxygens (including phenoxy) is 2. The van der Waals surface area contributed by atoms with Crippen LogP contribution in [0.1, 0.15) is 20.8 Å². The number of aliphatic hydroxyl groups excluding tert-OH is 1. The summed E-state index contributed by atoms with van der Waals surface area (Å²) < 4.78 is 10.4. The Morgan fingerprint density at radius 1 is 1.30 bits per heavy atom. The third-order valence-electron chi connectivity index (χ3n) is 4.44. The number of cyclic esters (lactones) is 1. The third-order valence-corrected chi connectivity index (χ3v) is 4.44. The predicted molar refractivity (Wildman–Crippen MR) is 99.0 cm³/mol. The maximum absolute atomic E-state index is 12.1. The van der Waals surface area contributed by atoms with E-state index in [1.54, 1.807) is 17.2 Å². The highest BCUT2D eigenvalue weighted by Crippen LogP contribution is 2.24. The summed E-state index contributed by atoms with van der Waals surface area (Å²) in [6, 6.07) is 3.23. The summed E-state index contributed by atoms with van der Waals surface area (Å²) in [5.41, 5.74) is 0.0852. The number of amides is 2. The van der Waals surface area contributed by atoms with Gasteiger partial charge in [-0.05, 0) is 32.9 Å². The molecule has 3 heterocycles. The lowest BCUT2D eigenvalue weighted by Crippen LogP contribution is -2.50. The summed E-state index contributed by atoms with van der Waals surface area (Å²) in [5.74, 6) is 0.774. The van der Waals surface area contributed by atoms with Crippen LogP contribution in [-0.2, 0) is 9.47 Å². The van der Waals surface area contributed by atoms with Crippen molar-refractivity contribution >= 4 is 23.7 Å². The van der Waals surface area contributed by atoms with Crippen molar-refractivity contribution in [2.75, 3.05) is 49.2 Å². The van der Waals surface area contributed by atoms with Crippen LogP contribution in [0.2, 0.25) is 0 Å². The van der Waals surface area contributed by atoms with Gasteiger partial charge in [0.1, 0.15) is 18.0 Å². The minimum absolute atomic E-state index is 0.167. The molecule has 27 heavy (non-hydrogen) atoms. The minimum atomic E-state index is -0.505. The van der Waals surface area contributed by atoms with E-state index in [0.717, 1.165) is 5.82 Å². The van der Waals surface area contributed by atoms with Crippen LogP contribution in [0.15, 0.2) is 18.3 Å². The van der Waals surface area contributed by atoms with Gasteiger partial charge in [-0.1, -0.05) is 0 Å². The predicted octanol–water partition coefficient (Wildman–Crippen LogP) is 1.46. The summed E-state index contributed by atoms with van der Waals surface area (Å²) in [6.45, 7) is 7.97. The molecule has 2 amide bonds. The van der Waals surface area contributed by atoms with Crippen molar-refractivity contribution in [3.05, 3.63) is 18.3 Å². The highest BCUT2D eigenvalue weighted by atomic mass is 16.6. The van der Waals surface area contributed by atoms with E-state index in [1.165, 1.54) is 4.90 Å². The van der Waals surface area contributed by atoms with Crippen molar-refractivity contribution < 1.29 is 24.2 Å². The van der Waals surface area contributed by atoms with Gasteiger partial charge in [-0.2, -0.15) is 0 Å². The van der Waals surface area contributed by atoms with Crippen molar-refractivity contribution in [3.8, 4) is 0 Å². The first-order chi connectivity index (χ1) is 12.8. The SMILES string of the molecule is CC(C)(C)OC(=O)N1CCN(c2ccc(N3C(=O)OC[C@H]3CO)cn2)CC1. The van der Waals surface area contributed by atoms with Crippen LogP contribution in [0.25, 0.3) is 0 Å². The van der Waals surface area contributed by atoms with Gasteiger partial charge in [0, 0.05) is 26.2 Å². The molecular weight excluding hydrogens is 352 g/mol. The number of hydrogen-bond donors (Lipinski definition) is 1. The number of nitrogens with zero attached hydrogens (tertiary/aromatic N) is 4. The van der Waals surface area contributed by atoms with Gasteiger partial charge >= 0.3 is 12.2 Å². The van der Waals surface area contributed by atoms with Gasteiger partial charge in [-0.15, -0.1) is 0 Å². The van der Waals surface area contributed by atoms with Gasteiger partial charge in [0.2, 0.25) is 0 Å². The van der Waals surface area contributed by atoms with Gasteiger partial charge in [-0.25, -0.2) is 14.6 Å². The van der Waals surface area contributed by atoms with Crippen molar-refractivity contribution in [2.24, 2.45) is 0 Å². The molecule has 0 unspecified atom stereocenters. The largest absolute Gasteiger partial charge is 0.447 e. The molecule has 9 nitrogen and oxygen atoms in total. The van der Waals surface area contributed by atoms with Crippen LogP contribution in [-0.4, -0.2) is 78.2 Å². The Balaban J connectivity index is 1.59. The number of aliphatic hydroxyl groups is 1. The van der Waals surface area contributed by atoms with Crippen LogP contribution >= 0.6 is 0 Å². The Hall–Kier alpha value is -2.55. The number of aromatic nitrogens is 1. The fourth-order valence-corrected chi connectivity index (χ4v) is 3.06. The van der Waals surface area contributed by atoms with Gasteiger partial charge in [0.15, 0.2) is 0 Å². The molecule has 1 aromatic heterocycles. The van der Waals surface area contributed by atoms with E-state index in [4.69, 9.17) is 9.47 Å². The molecule has 0 radical (unpaired) electrons. The zero-order valence-corrected chi connectivity index (χ0v) is 15.9. The highest BCUT2D eigenvalue weighted by Gasteiger charge is 2.34. The Labute approximate surface area is 158 Å². The molecule has 2 aliphatic rings. The number of piperazine rings is 1. The Kier molecular flexibility index (Phi) is 5.41. The normalized spacial score (nSPS) is 20.7. The second kappa shape index (κ2) is 7.59. The Morgan fingerprint density at radius 3 is 2.56 bits per heavy atom. The number of anilines is 2. The summed E-state index contributed by atoms with van der Waals surface area (Å²) in [7, 11) is 0. The number of carbonyl (C=O) groups is 2. The number of hydrogen-bond acceptors (Lipinski definition) is 7. The monoisotopic (exact) mass is 378 g/mol. The quantitative estimate of drug-likeness (QED) is 0.851. The van der Waals surface area contributed by atoms with Gasteiger partial charge in [-0.3, -0.25) is 4.90 Å². The molecule has 2 fully saturated rings. The molecular formula is C18H26N4O5. The van der Waals surface area contributed by atoms with Gasteiger partial charge < -0.3 is 24.4 Å². The van der Waals surface area contributed by atoms with E-state index in [-0.39, 0.29) is 25.3 Å². The van der Waals surface area contributed by atoms with Gasteiger partial charge in [0.05, 0.1) is 24.5 Å². The van der Waals surface area contributed by atoms with E-state index >= 15 is 0 Å². The molecule has 0 aliphatic carbocycles.